The number of halogens is 5. The van der Waals surface area contributed by atoms with E-state index in [4.69, 9.17) is 33.4 Å². The van der Waals surface area contributed by atoms with Crippen molar-refractivity contribution >= 4 is 29.2 Å². The van der Waals surface area contributed by atoms with E-state index in [9.17, 15) is 18.0 Å². The van der Waals surface area contributed by atoms with Gasteiger partial charge in [0.15, 0.2) is 4.33 Å². The van der Waals surface area contributed by atoms with Gasteiger partial charge in [-0.25, -0.2) is 4.39 Å². The van der Waals surface area contributed by atoms with Crippen LogP contribution in [-0.2, 0) is 4.79 Å². The second-order valence-electron chi connectivity index (χ2n) is 2.28. The smallest absolute Gasteiger partial charge is 0.387 e. The van der Waals surface area contributed by atoms with Gasteiger partial charge in [-0.3, -0.25) is 4.79 Å². The fourth-order valence-corrected chi connectivity index (χ4v) is 1.04. The molecule has 0 aromatic carbocycles. The average Bonchev–Trinajstić information content (AvgIpc) is 1.80. The molecule has 0 aliphatic heterocycles. The van der Waals surface area contributed by atoms with E-state index in [1.54, 1.807) is 0 Å². The third-order valence-corrected chi connectivity index (χ3v) is 1.71. The van der Waals surface area contributed by atoms with Crippen molar-refractivity contribution in [2.75, 3.05) is 0 Å². The van der Waals surface area contributed by atoms with Crippen LogP contribution < -0.4 is 0 Å². The zero-order valence-corrected chi connectivity index (χ0v) is 7.49. The van der Waals surface area contributed by atoms with Crippen LogP contribution in [0.15, 0.2) is 0 Å². The van der Waals surface area contributed by atoms with Crippen LogP contribution in [0.4, 0.5) is 13.2 Å². The maximum Gasteiger partial charge on any atom is 0.387 e. The Bertz CT molecular complexity index is 204. The van der Waals surface area contributed by atoms with Crippen LogP contribution in [0, 0.1) is 0 Å². The molecule has 0 saturated heterocycles. The van der Waals surface area contributed by atoms with Gasteiger partial charge >= 0.3 is 12.1 Å². The number of carboxylic acids is 1. The first-order valence-corrected chi connectivity index (χ1v) is 3.67. The average molecular weight is 241 g/mol. The van der Waals surface area contributed by atoms with E-state index in [2.05, 4.69) is 0 Å². The highest BCUT2D eigenvalue weighted by molar-refractivity contribution is 6.49. The number of rotatable bonds is 4. The molecular weight excluding hydrogens is 236 g/mol. The summed E-state index contributed by atoms with van der Waals surface area (Å²) in [4.78, 5) is 9.98. The van der Waals surface area contributed by atoms with Gasteiger partial charge in [-0.1, -0.05) is 23.2 Å². The lowest BCUT2D eigenvalue weighted by Gasteiger charge is -2.24. The molecule has 0 radical (unpaired) electrons. The Labute approximate surface area is 81.1 Å². The lowest BCUT2D eigenvalue weighted by atomic mass is 10.2. The minimum absolute atomic E-state index is 1.24. The molecule has 0 saturated carbocycles. The van der Waals surface area contributed by atoms with Crippen molar-refractivity contribution in [3.63, 3.8) is 0 Å². The standard InChI is InChI=1S/C5H5Cl2F3O3/c6-4(7,1-2(11)12)3(8)5(9,10)13/h3,13H,1H2,(H,11,12). The SMILES string of the molecule is O=C(O)CC(Cl)(Cl)C(F)C(O)(F)F. The fourth-order valence-electron chi connectivity index (χ4n) is 0.545. The number of hydrogen-bond acceptors (Lipinski definition) is 2. The molecule has 0 spiro atoms. The summed E-state index contributed by atoms with van der Waals surface area (Å²) >= 11 is 9.87. The van der Waals surface area contributed by atoms with Gasteiger partial charge < -0.3 is 10.2 Å². The minimum atomic E-state index is -4.76. The van der Waals surface area contributed by atoms with Crippen LogP contribution in [0.25, 0.3) is 0 Å². The van der Waals surface area contributed by atoms with Crippen molar-refractivity contribution in [3.05, 3.63) is 0 Å². The monoisotopic (exact) mass is 240 g/mol. The summed E-state index contributed by atoms with van der Waals surface area (Å²) in [6, 6.07) is 0. The van der Waals surface area contributed by atoms with Crippen LogP contribution in [0.5, 0.6) is 0 Å². The van der Waals surface area contributed by atoms with Gasteiger partial charge in [0.25, 0.3) is 0 Å². The van der Waals surface area contributed by atoms with E-state index >= 15 is 0 Å². The fraction of sp³-hybridized carbons (Fsp3) is 0.800. The largest absolute Gasteiger partial charge is 0.481 e. The zero-order chi connectivity index (χ0) is 10.9. The van der Waals surface area contributed by atoms with Crippen molar-refractivity contribution in [1.29, 1.82) is 0 Å². The Morgan fingerprint density at radius 1 is 1.46 bits per heavy atom. The Balaban J connectivity index is 4.54. The van der Waals surface area contributed by atoms with Crippen LogP contribution in [-0.4, -0.2) is 32.8 Å². The summed E-state index contributed by atoms with van der Waals surface area (Å²) in [6.45, 7) is 0. The normalized spacial score (nSPS) is 15.5. The molecule has 0 fully saturated rings. The van der Waals surface area contributed by atoms with E-state index in [0.29, 0.717) is 0 Å². The van der Waals surface area contributed by atoms with Crippen LogP contribution in [0.1, 0.15) is 6.42 Å². The molecule has 8 heteroatoms. The molecule has 0 heterocycles. The molecule has 3 nitrogen and oxygen atoms in total. The molecule has 0 rings (SSSR count). The van der Waals surface area contributed by atoms with E-state index in [0.717, 1.165) is 0 Å². The molecule has 78 valence electrons. The quantitative estimate of drug-likeness (QED) is 0.734. The Morgan fingerprint density at radius 2 is 1.85 bits per heavy atom. The summed E-state index contributed by atoms with van der Waals surface area (Å²) in [5, 5.41) is 16.0. The molecule has 0 bridgehead atoms. The highest BCUT2D eigenvalue weighted by Gasteiger charge is 2.52. The minimum Gasteiger partial charge on any atom is -0.481 e. The molecule has 0 aromatic heterocycles. The van der Waals surface area contributed by atoms with Gasteiger partial charge in [-0.05, 0) is 0 Å². The van der Waals surface area contributed by atoms with E-state index < -0.39 is 29.0 Å². The molecule has 0 amide bonds. The van der Waals surface area contributed by atoms with Gasteiger partial charge in [0.2, 0.25) is 6.17 Å². The lowest BCUT2D eigenvalue weighted by Crippen LogP contribution is -2.43. The first kappa shape index (κ1) is 12.8. The predicted octanol–water partition coefficient (Wildman–Crippen LogP) is 1.56. The van der Waals surface area contributed by atoms with Crippen LogP contribution in [0.3, 0.4) is 0 Å². The molecule has 1 atom stereocenters. The van der Waals surface area contributed by atoms with E-state index in [1.807, 2.05) is 0 Å². The molecule has 13 heavy (non-hydrogen) atoms. The third-order valence-electron chi connectivity index (χ3n) is 1.06. The molecule has 0 aliphatic carbocycles. The molecule has 2 N–H and O–H groups in total. The van der Waals surface area contributed by atoms with Crippen LogP contribution >= 0.6 is 23.2 Å². The number of alkyl halides is 5. The van der Waals surface area contributed by atoms with Gasteiger partial charge in [0.05, 0.1) is 6.42 Å². The van der Waals surface area contributed by atoms with Crippen molar-refractivity contribution in [3.8, 4) is 0 Å². The number of hydrogen-bond donors (Lipinski definition) is 2. The Morgan fingerprint density at radius 3 is 2.08 bits per heavy atom. The van der Waals surface area contributed by atoms with E-state index in [1.165, 1.54) is 0 Å². The van der Waals surface area contributed by atoms with Gasteiger partial charge in [0, 0.05) is 0 Å². The first-order chi connectivity index (χ1) is 5.57. The summed E-state index contributed by atoms with van der Waals surface area (Å²) in [6.07, 6.45) is -9.37. The van der Waals surface area contributed by atoms with Crippen LogP contribution in [0.2, 0.25) is 0 Å². The summed E-state index contributed by atoms with van der Waals surface area (Å²) in [7, 11) is 0. The summed E-state index contributed by atoms with van der Waals surface area (Å²) in [5.41, 5.74) is 0. The number of carboxylic acid groups (broad SMARTS) is 1. The maximum atomic E-state index is 12.5. The molecule has 0 aliphatic rings. The second kappa shape index (κ2) is 3.89. The van der Waals surface area contributed by atoms with Gasteiger partial charge in [0.1, 0.15) is 0 Å². The number of aliphatic hydroxyl groups is 1. The second-order valence-corrected chi connectivity index (χ2v) is 3.82. The van der Waals surface area contributed by atoms with Crippen molar-refractivity contribution in [2.24, 2.45) is 0 Å². The Hall–Kier alpha value is -0.200. The van der Waals surface area contributed by atoms with Gasteiger partial charge in [-0.15, -0.1) is 0 Å². The van der Waals surface area contributed by atoms with Crippen molar-refractivity contribution < 1.29 is 28.2 Å². The predicted molar refractivity (Wildman–Crippen MR) is 38.8 cm³/mol. The molecule has 0 aromatic rings. The van der Waals surface area contributed by atoms with Crippen molar-refractivity contribution in [2.45, 2.75) is 23.0 Å². The zero-order valence-electron chi connectivity index (χ0n) is 5.98. The highest BCUT2D eigenvalue weighted by Crippen LogP contribution is 2.38. The third kappa shape index (κ3) is 4.02. The lowest BCUT2D eigenvalue weighted by molar-refractivity contribution is -0.243. The number of carbonyl (C=O) groups is 1. The van der Waals surface area contributed by atoms with Gasteiger partial charge in [-0.2, -0.15) is 8.78 Å². The Kier molecular flexibility index (Phi) is 3.83. The summed E-state index contributed by atoms with van der Waals surface area (Å²) in [5.74, 6) is -1.66. The number of aliphatic carboxylic acids is 1. The maximum absolute atomic E-state index is 12.5. The van der Waals surface area contributed by atoms with E-state index in [-0.39, 0.29) is 0 Å². The molecule has 1 unspecified atom stereocenters. The highest BCUT2D eigenvalue weighted by atomic mass is 35.5. The van der Waals surface area contributed by atoms with Crippen molar-refractivity contribution in [1.82, 2.24) is 0 Å². The summed E-state index contributed by atoms with van der Waals surface area (Å²) < 4.78 is 33.4. The topological polar surface area (TPSA) is 57.5 Å². The molecular formula is C5H5Cl2F3O3. The first-order valence-electron chi connectivity index (χ1n) is 2.91.